The highest BCUT2D eigenvalue weighted by molar-refractivity contribution is 7.88. The second-order valence-corrected chi connectivity index (χ2v) is 10.0. The minimum Gasteiger partial charge on any atom is -0.398 e. The van der Waals surface area contributed by atoms with Gasteiger partial charge >= 0.3 is 0 Å². The number of rotatable bonds is 7. The van der Waals surface area contributed by atoms with Crippen LogP contribution < -0.4 is 15.4 Å². The van der Waals surface area contributed by atoms with E-state index in [-0.39, 0.29) is 10.9 Å². The third kappa shape index (κ3) is 7.94. The monoisotopic (exact) mass is 457 g/mol. The van der Waals surface area contributed by atoms with E-state index in [1.165, 1.54) is 6.07 Å². The van der Waals surface area contributed by atoms with Crippen molar-refractivity contribution in [1.82, 2.24) is 4.72 Å². The van der Waals surface area contributed by atoms with Gasteiger partial charge < -0.3 is 10.6 Å². The summed E-state index contributed by atoms with van der Waals surface area (Å²) in [4.78, 5) is 2.16. The first-order valence-corrected chi connectivity index (χ1v) is 12.8. The van der Waals surface area contributed by atoms with Gasteiger partial charge in [-0.15, -0.1) is 0 Å². The Hall–Kier alpha value is -2.14. The normalized spacial score (nSPS) is 12.6. The molecule has 2 aromatic carbocycles. The second kappa shape index (κ2) is 10.8. The highest BCUT2D eigenvalue weighted by Crippen LogP contribution is 2.26. The molecule has 1 unspecified atom stereocenters. The number of anilines is 2. The van der Waals surface area contributed by atoms with Crippen molar-refractivity contribution >= 4 is 31.5 Å². The molecule has 0 spiro atoms. The van der Waals surface area contributed by atoms with E-state index in [2.05, 4.69) is 23.5 Å². The van der Waals surface area contributed by atoms with E-state index in [1.807, 2.05) is 18.2 Å². The average molecular weight is 458 g/mol. The van der Waals surface area contributed by atoms with Crippen molar-refractivity contribution < 1.29 is 21.4 Å². The number of nitrogens with one attached hydrogen (secondary N) is 1. The Morgan fingerprint density at radius 2 is 1.63 bits per heavy atom. The molecule has 30 heavy (non-hydrogen) atoms. The van der Waals surface area contributed by atoms with Crippen LogP contribution in [0.5, 0.6) is 0 Å². The maximum atomic E-state index is 11.3. The summed E-state index contributed by atoms with van der Waals surface area (Å²) in [5.41, 5.74) is 8.94. The predicted molar refractivity (Wildman–Crippen MR) is 122 cm³/mol. The summed E-state index contributed by atoms with van der Waals surface area (Å²) in [7, 11) is -7.29. The van der Waals surface area contributed by atoms with Crippen LogP contribution in [0.3, 0.4) is 0 Å². The molecule has 0 heterocycles. The van der Waals surface area contributed by atoms with Gasteiger partial charge in [-0.25, -0.2) is 13.1 Å². The molecule has 0 fully saturated rings. The van der Waals surface area contributed by atoms with E-state index in [4.69, 9.17) is 10.3 Å². The summed E-state index contributed by atoms with van der Waals surface area (Å²) in [5, 5.41) is 0. The van der Waals surface area contributed by atoms with E-state index in [9.17, 15) is 16.8 Å². The van der Waals surface area contributed by atoms with Crippen molar-refractivity contribution in [1.29, 1.82) is 0 Å². The van der Waals surface area contributed by atoms with E-state index < -0.39 is 20.1 Å². The van der Waals surface area contributed by atoms with E-state index in [1.54, 1.807) is 32.0 Å². The smallest absolute Gasteiger partial charge is 0.294 e. The van der Waals surface area contributed by atoms with Crippen molar-refractivity contribution in [3.05, 3.63) is 53.6 Å². The molecule has 0 amide bonds. The fourth-order valence-corrected chi connectivity index (χ4v) is 4.45. The van der Waals surface area contributed by atoms with Crippen LogP contribution in [0.15, 0.2) is 47.4 Å². The van der Waals surface area contributed by atoms with Gasteiger partial charge in [-0.1, -0.05) is 18.2 Å². The van der Waals surface area contributed by atoms with Crippen LogP contribution in [-0.2, 0) is 20.1 Å². The molecule has 0 saturated carbocycles. The average Bonchev–Trinajstić information content (AvgIpc) is 2.62. The number of aryl methyl sites for hydroxylation is 1. The molecule has 168 valence electrons. The summed E-state index contributed by atoms with van der Waals surface area (Å²) in [6.07, 6.45) is 1.15. The van der Waals surface area contributed by atoms with Crippen LogP contribution >= 0.6 is 0 Å². The third-order valence-corrected chi connectivity index (χ3v) is 6.22. The molecule has 0 aromatic heterocycles. The fourth-order valence-electron chi connectivity index (χ4n) is 2.95. The number of benzene rings is 2. The highest BCUT2D eigenvalue weighted by Gasteiger charge is 2.15. The Kier molecular flexibility index (Phi) is 9.29. The Labute approximate surface area is 179 Å². The molecular weight excluding hydrogens is 426 g/mol. The third-order valence-electron chi connectivity index (χ3n) is 4.43. The number of nitrogens with zero attached hydrogens (tertiary/aromatic N) is 1. The van der Waals surface area contributed by atoms with Crippen molar-refractivity contribution in [3.8, 4) is 0 Å². The zero-order chi connectivity index (χ0) is 23.1. The van der Waals surface area contributed by atoms with Crippen LogP contribution in [0.2, 0.25) is 0 Å². The van der Waals surface area contributed by atoms with Crippen LogP contribution in [0, 0.1) is 6.92 Å². The maximum Gasteiger partial charge on any atom is 0.294 e. The van der Waals surface area contributed by atoms with Crippen LogP contribution in [0.4, 0.5) is 11.4 Å². The first-order valence-electron chi connectivity index (χ1n) is 9.44. The molecule has 0 aliphatic carbocycles. The van der Waals surface area contributed by atoms with Gasteiger partial charge in [0.1, 0.15) is 0 Å². The number of nitrogens with two attached hydrogens (primary N) is 1. The summed E-state index contributed by atoms with van der Waals surface area (Å²) < 4.78 is 55.0. The summed E-state index contributed by atoms with van der Waals surface area (Å²) in [6.45, 7) is 9.37. The lowest BCUT2D eigenvalue weighted by molar-refractivity contribution is 0.482. The molecule has 8 nitrogen and oxygen atoms in total. The molecule has 0 bridgehead atoms. The van der Waals surface area contributed by atoms with Gasteiger partial charge in [0.15, 0.2) is 0 Å². The van der Waals surface area contributed by atoms with Crippen molar-refractivity contribution in [2.45, 2.75) is 38.6 Å². The Morgan fingerprint density at radius 3 is 2.07 bits per heavy atom. The topological polar surface area (TPSA) is 130 Å². The lowest BCUT2D eigenvalue weighted by atomic mass is 10.1. The number of hydrogen-bond donors (Lipinski definition) is 3. The van der Waals surface area contributed by atoms with Gasteiger partial charge in [-0.3, -0.25) is 4.55 Å². The van der Waals surface area contributed by atoms with Crippen LogP contribution in [0.1, 0.15) is 37.9 Å². The molecule has 0 aliphatic heterocycles. The maximum absolute atomic E-state index is 11.3. The van der Waals surface area contributed by atoms with Gasteiger partial charge in [0.25, 0.3) is 10.1 Å². The molecule has 1 atom stereocenters. The van der Waals surface area contributed by atoms with Crippen molar-refractivity contribution in [3.63, 3.8) is 0 Å². The van der Waals surface area contributed by atoms with Crippen molar-refractivity contribution in [2.24, 2.45) is 0 Å². The molecular formula is C20H31N3O5S2. The minimum atomic E-state index is -4.03. The number of hydrogen-bond acceptors (Lipinski definition) is 6. The zero-order valence-corrected chi connectivity index (χ0v) is 19.6. The second-order valence-electron chi connectivity index (χ2n) is 6.84. The van der Waals surface area contributed by atoms with E-state index in [0.29, 0.717) is 11.3 Å². The quantitative estimate of drug-likeness (QED) is 0.430. The van der Waals surface area contributed by atoms with Gasteiger partial charge in [0.05, 0.1) is 11.2 Å². The van der Waals surface area contributed by atoms with Gasteiger partial charge in [0.2, 0.25) is 10.0 Å². The Bertz CT molecular complexity index is 1050. The lowest BCUT2D eigenvalue weighted by Gasteiger charge is -2.23. The fraction of sp³-hybridized carbons (Fsp3) is 0.400. The number of sulfonamides is 1. The van der Waals surface area contributed by atoms with Gasteiger partial charge in [-0.05, 0) is 63.1 Å². The SMILES string of the molecule is CCN(CC)c1ccc(N)c(C(C)NS(C)(=O)=O)c1.Cc1ccccc1S(=O)(=O)O. The summed E-state index contributed by atoms with van der Waals surface area (Å²) in [6, 6.07) is 11.7. The first-order chi connectivity index (χ1) is 13.8. The van der Waals surface area contributed by atoms with Crippen molar-refractivity contribution in [2.75, 3.05) is 30.0 Å². The summed E-state index contributed by atoms with van der Waals surface area (Å²) in [5.74, 6) is 0. The highest BCUT2D eigenvalue weighted by atomic mass is 32.2. The Morgan fingerprint density at radius 1 is 1.07 bits per heavy atom. The molecule has 2 rings (SSSR count). The molecule has 10 heteroatoms. The Balaban J connectivity index is 0.000000346. The van der Waals surface area contributed by atoms with Crippen LogP contribution in [-0.4, -0.2) is 40.7 Å². The zero-order valence-electron chi connectivity index (χ0n) is 18.0. The van der Waals surface area contributed by atoms with Gasteiger partial charge in [-0.2, -0.15) is 8.42 Å². The molecule has 4 N–H and O–H groups in total. The standard InChI is InChI=1S/C13H23N3O2S.C7H8O3S/c1-5-16(6-2)11-7-8-13(14)12(9-11)10(3)15-19(4,17)18;1-6-4-2-3-5-7(6)11(8,9)10/h7-10,15H,5-6,14H2,1-4H3;2-5H,1H3,(H,8,9,10). The van der Waals surface area contributed by atoms with Crippen LogP contribution in [0.25, 0.3) is 0 Å². The lowest BCUT2D eigenvalue weighted by Crippen LogP contribution is -2.27. The minimum absolute atomic E-state index is 0.0278. The largest absolute Gasteiger partial charge is 0.398 e. The molecule has 2 aromatic rings. The van der Waals surface area contributed by atoms with Gasteiger partial charge in [0, 0.05) is 30.5 Å². The summed E-state index contributed by atoms with van der Waals surface area (Å²) >= 11 is 0. The molecule has 0 radical (unpaired) electrons. The molecule has 0 saturated heterocycles. The molecule has 0 aliphatic rings. The van der Waals surface area contributed by atoms with E-state index in [0.717, 1.165) is 30.6 Å². The first kappa shape index (κ1) is 25.9. The predicted octanol–water partition coefficient (Wildman–Crippen LogP) is 2.97. The number of nitrogen functional groups attached to an aromatic ring is 1. The van der Waals surface area contributed by atoms with E-state index >= 15 is 0 Å².